The van der Waals surface area contributed by atoms with E-state index in [2.05, 4.69) is 10.2 Å². The van der Waals surface area contributed by atoms with Crippen LogP contribution in [0.25, 0.3) is 0 Å². The number of benzene rings is 2. The number of aliphatic imine (C=N–C) groups is 1. The third-order valence-corrected chi connectivity index (χ3v) is 7.02. The molecule has 9 nitrogen and oxygen atoms in total. The van der Waals surface area contributed by atoms with E-state index in [4.69, 9.17) is 19.2 Å². The maximum absolute atomic E-state index is 13.2. The Bertz CT molecular complexity index is 1040. The van der Waals surface area contributed by atoms with Gasteiger partial charge in [0.2, 0.25) is 11.8 Å². The second-order valence-electron chi connectivity index (χ2n) is 8.12. The summed E-state index contributed by atoms with van der Waals surface area (Å²) in [7, 11) is 3.20. The van der Waals surface area contributed by atoms with Crippen molar-refractivity contribution in [1.29, 1.82) is 0 Å². The highest BCUT2D eigenvalue weighted by molar-refractivity contribution is 8.15. The molecular formula is C25H30N4O5S. The van der Waals surface area contributed by atoms with Crippen LogP contribution >= 0.6 is 11.8 Å². The van der Waals surface area contributed by atoms with Gasteiger partial charge in [0, 0.05) is 38.3 Å². The molecule has 2 heterocycles. The molecule has 2 aliphatic rings. The second kappa shape index (κ2) is 12.1. The van der Waals surface area contributed by atoms with Crippen LogP contribution in [0, 0.1) is 0 Å². The van der Waals surface area contributed by atoms with E-state index in [0.717, 1.165) is 25.4 Å². The number of hydrogen-bond acceptors (Lipinski definition) is 8. The van der Waals surface area contributed by atoms with E-state index in [-0.39, 0.29) is 18.2 Å². The fourth-order valence-electron chi connectivity index (χ4n) is 3.79. The Morgan fingerprint density at radius 2 is 1.66 bits per heavy atom. The van der Waals surface area contributed by atoms with Crippen LogP contribution in [-0.4, -0.2) is 85.6 Å². The molecule has 0 aliphatic carbocycles. The van der Waals surface area contributed by atoms with Crippen molar-refractivity contribution in [3.8, 4) is 11.5 Å². The monoisotopic (exact) mass is 498 g/mol. The van der Waals surface area contributed by atoms with Crippen molar-refractivity contribution in [2.75, 3.05) is 58.9 Å². The number of morpholine rings is 1. The molecule has 10 heteroatoms. The number of nitrogens with one attached hydrogen (secondary N) is 1. The lowest BCUT2D eigenvalue weighted by Crippen LogP contribution is -2.49. The van der Waals surface area contributed by atoms with Crippen LogP contribution < -0.4 is 14.8 Å². The largest absolute Gasteiger partial charge is 0.497 e. The van der Waals surface area contributed by atoms with Gasteiger partial charge in [-0.15, -0.1) is 0 Å². The number of thioether (sulfide) groups is 1. The minimum absolute atomic E-state index is 0.109. The highest BCUT2D eigenvalue weighted by Crippen LogP contribution is 2.30. The van der Waals surface area contributed by atoms with Gasteiger partial charge in [-0.25, -0.2) is 4.99 Å². The minimum atomic E-state index is -0.582. The smallest absolute Gasteiger partial charge is 0.238 e. The number of rotatable bonds is 8. The number of amidine groups is 1. The van der Waals surface area contributed by atoms with E-state index >= 15 is 0 Å². The third-order valence-electron chi connectivity index (χ3n) is 5.83. The minimum Gasteiger partial charge on any atom is -0.497 e. The van der Waals surface area contributed by atoms with Gasteiger partial charge in [0.05, 0.1) is 33.1 Å². The van der Waals surface area contributed by atoms with Crippen molar-refractivity contribution >= 4 is 40.1 Å². The second-order valence-corrected chi connectivity index (χ2v) is 9.29. The predicted molar refractivity (Wildman–Crippen MR) is 137 cm³/mol. The van der Waals surface area contributed by atoms with Gasteiger partial charge in [0.1, 0.15) is 16.7 Å². The number of hydrogen-bond donors (Lipinski definition) is 1. The zero-order chi connectivity index (χ0) is 24.6. The lowest BCUT2D eigenvalue weighted by molar-refractivity contribution is -0.129. The standard InChI is InChI=1S/C25H30N4O5S/c1-32-20-7-3-18(4-8-20)26-24(31)22-17-23(30)29(12-11-28-13-15-34-16-14-28)25(35-22)27-19-5-9-21(33-2)10-6-19/h3-10,22H,11-17H2,1-2H3,(H,26,31)/t22-/m1/s1. The Hall–Kier alpha value is -3.08. The summed E-state index contributed by atoms with van der Waals surface area (Å²) in [5.74, 6) is 1.08. The molecule has 2 saturated heterocycles. The van der Waals surface area contributed by atoms with E-state index in [9.17, 15) is 9.59 Å². The van der Waals surface area contributed by atoms with Gasteiger partial charge in [-0.2, -0.15) is 0 Å². The molecule has 0 aromatic heterocycles. The molecule has 186 valence electrons. The maximum atomic E-state index is 13.2. The number of anilines is 1. The molecule has 2 aromatic carbocycles. The van der Waals surface area contributed by atoms with Gasteiger partial charge < -0.3 is 19.5 Å². The van der Waals surface area contributed by atoms with Crippen LogP contribution in [0.5, 0.6) is 11.5 Å². The number of methoxy groups -OCH3 is 2. The Kier molecular flexibility index (Phi) is 8.62. The molecule has 1 atom stereocenters. The predicted octanol–water partition coefficient (Wildman–Crippen LogP) is 3.00. The first-order valence-corrected chi connectivity index (χ1v) is 12.4. The van der Waals surface area contributed by atoms with E-state index < -0.39 is 5.25 Å². The SMILES string of the molecule is COc1ccc(N=C2S[C@@H](C(=O)Nc3ccc(OC)cc3)CC(=O)N2CCN2CCOCC2)cc1. The summed E-state index contributed by atoms with van der Waals surface area (Å²) in [6, 6.07) is 14.4. The van der Waals surface area contributed by atoms with Gasteiger partial charge in [0.25, 0.3) is 0 Å². The number of ether oxygens (including phenoxy) is 3. The average molecular weight is 499 g/mol. The first kappa shape index (κ1) is 25.0. The lowest BCUT2D eigenvalue weighted by atomic mass is 10.2. The van der Waals surface area contributed by atoms with E-state index in [1.54, 1.807) is 43.4 Å². The van der Waals surface area contributed by atoms with Crippen LogP contribution in [0.4, 0.5) is 11.4 Å². The summed E-state index contributed by atoms with van der Waals surface area (Å²) in [6.45, 7) is 4.31. The fraction of sp³-hybridized carbons (Fsp3) is 0.400. The number of nitrogens with zero attached hydrogens (tertiary/aromatic N) is 3. The molecule has 0 spiro atoms. The number of carbonyl (C=O) groups excluding carboxylic acids is 2. The summed E-state index contributed by atoms with van der Waals surface area (Å²) in [4.78, 5) is 34.9. The molecular weight excluding hydrogens is 468 g/mol. The molecule has 2 fully saturated rings. The molecule has 0 saturated carbocycles. The van der Waals surface area contributed by atoms with E-state index in [0.29, 0.717) is 42.1 Å². The fourth-order valence-corrected chi connectivity index (χ4v) is 4.92. The zero-order valence-corrected chi connectivity index (χ0v) is 20.8. The lowest BCUT2D eigenvalue weighted by Gasteiger charge is -2.34. The molecule has 1 N–H and O–H groups in total. The van der Waals surface area contributed by atoms with Crippen LogP contribution in [0.1, 0.15) is 6.42 Å². The third kappa shape index (κ3) is 6.74. The highest BCUT2D eigenvalue weighted by Gasteiger charge is 2.36. The average Bonchev–Trinajstić information content (AvgIpc) is 2.89. The molecule has 2 amide bonds. The Morgan fingerprint density at radius 1 is 1.03 bits per heavy atom. The molecule has 0 unspecified atom stereocenters. The Balaban J connectivity index is 1.50. The van der Waals surface area contributed by atoms with Crippen LogP contribution in [-0.2, 0) is 14.3 Å². The zero-order valence-electron chi connectivity index (χ0n) is 19.9. The quantitative estimate of drug-likeness (QED) is 0.598. The molecule has 2 aliphatic heterocycles. The Labute approximate surface area is 209 Å². The summed E-state index contributed by atoms with van der Waals surface area (Å²) < 4.78 is 15.8. The van der Waals surface area contributed by atoms with E-state index in [1.807, 2.05) is 24.3 Å². The van der Waals surface area contributed by atoms with Crippen molar-refractivity contribution in [2.45, 2.75) is 11.7 Å². The molecule has 4 rings (SSSR count). The summed E-state index contributed by atoms with van der Waals surface area (Å²) in [5.41, 5.74) is 1.33. The number of carbonyl (C=O) groups is 2. The van der Waals surface area contributed by atoms with Gasteiger partial charge in [-0.05, 0) is 48.5 Å². The normalized spacial score (nSPS) is 20.1. The van der Waals surface area contributed by atoms with Crippen molar-refractivity contribution in [3.05, 3.63) is 48.5 Å². The molecule has 35 heavy (non-hydrogen) atoms. The summed E-state index contributed by atoms with van der Waals surface area (Å²) in [5, 5.41) is 2.84. The van der Waals surface area contributed by atoms with Gasteiger partial charge >= 0.3 is 0 Å². The first-order valence-electron chi connectivity index (χ1n) is 11.5. The van der Waals surface area contributed by atoms with E-state index in [1.165, 1.54) is 11.8 Å². The number of amides is 2. The molecule has 0 bridgehead atoms. The Morgan fingerprint density at radius 3 is 2.29 bits per heavy atom. The summed E-state index contributed by atoms with van der Waals surface area (Å²) >= 11 is 1.31. The van der Waals surface area contributed by atoms with Crippen LogP contribution in [0.15, 0.2) is 53.5 Å². The van der Waals surface area contributed by atoms with Crippen molar-refractivity contribution in [1.82, 2.24) is 9.80 Å². The topological polar surface area (TPSA) is 92.7 Å². The van der Waals surface area contributed by atoms with Gasteiger partial charge in [-0.1, -0.05) is 11.8 Å². The van der Waals surface area contributed by atoms with Crippen molar-refractivity contribution in [3.63, 3.8) is 0 Å². The molecule has 0 radical (unpaired) electrons. The first-order chi connectivity index (χ1) is 17.1. The maximum Gasteiger partial charge on any atom is 0.238 e. The van der Waals surface area contributed by atoms with Crippen LogP contribution in [0.3, 0.4) is 0 Å². The molecule has 2 aromatic rings. The van der Waals surface area contributed by atoms with Gasteiger partial charge in [-0.3, -0.25) is 19.4 Å². The highest BCUT2D eigenvalue weighted by atomic mass is 32.2. The van der Waals surface area contributed by atoms with Gasteiger partial charge in [0.15, 0.2) is 5.17 Å². The van der Waals surface area contributed by atoms with Crippen LogP contribution in [0.2, 0.25) is 0 Å². The van der Waals surface area contributed by atoms with Crippen molar-refractivity contribution < 1.29 is 23.8 Å². The van der Waals surface area contributed by atoms with Crippen molar-refractivity contribution in [2.24, 2.45) is 4.99 Å². The summed E-state index contributed by atoms with van der Waals surface area (Å²) in [6.07, 6.45) is 0.109.